The van der Waals surface area contributed by atoms with Crippen molar-refractivity contribution in [1.82, 2.24) is 5.32 Å². The van der Waals surface area contributed by atoms with E-state index in [1.807, 2.05) is 0 Å². The van der Waals surface area contributed by atoms with Gasteiger partial charge in [-0.05, 0) is 20.7 Å². The molecule has 1 aliphatic rings. The van der Waals surface area contributed by atoms with Crippen LogP contribution in [0.1, 0.15) is 22.1 Å². The lowest BCUT2D eigenvalue weighted by atomic mass is 10.2. The predicted octanol–water partition coefficient (Wildman–Crippen LogP) is 0.444. The molecule has 0 spiro atoms. The van der Waals surface area contributed by atoms with Gasteiger partial charge in [-0.3, -0.25) is 10.1 Å². The van der Waals surface area contributed by atoms with E-state index in [1.165, 1.54) is 11.8 Å². The lowest BCUT2D eigenvalue weighted by molar-refractivity contribution is -0.154. The van der Waals surface area contributed by atoms with Crippen LogP contribution in [-0.2, 0) is 14.3 Å². The average molecular weight is 234 g/mol. The van der Waals surface area contributed by atoms with E-state index in [1.54, 1.807) is 13.8 Å². The summed E-state index contributed by atoms with van der Waals surface area (Å²) in [5.74, 6) is -1.13. The maximum Gasteiger partial charge on any atom is 0.334 e. The molecule has 1 rings (SSSR count). The minimum Gasteiger partial charge on any atom is -0.480 e. The highest BCUT2D eigenvalue weighted by atomic mass is 32.2. The highest BCUT2D eigenvalue weighted by Crippen LogP contribution is 2.22. The van der Waals surface area contributed by atoms with Crippen molar-refractivity contribution < 1.29 is 20.8 Å². The number of carbonyl (C=O) groups is 2. The van der Waals surface area contributed by atoms with Gasteiger partial charge in [-0.2, -0.15) is 0 Å². The summed E-state index contributed by atoms with van der Waals surface area (Å²) < 4.78 is 12.3. The fraction of sp³-hybridized carbons (Fsp3) is 0.778. The number of esters is 1. The second-order valence-electron chi connectivity index (χ2n) is 3.95. The fourth-order valence-electron chi connectivity index (χ4n) is 1.08. The van der Waals surface area contributed by atoms with E-state index < -0.39 is 29.0 Å². The second kappa shape index (κ2) is 4.40. The van der Waals surface area contributed by atoms with Crippen LogP contribution in [0.3, 0.4) is 0 Å². The van der Waals surface area contributed by atoms with E-state index in [-0.39, 0.29) is 6.90 Å². The lowest BCUT2D eigenvalue weighted by Gasteiger charge is -2.21. The summed E-state index contributed by atoms with van der Waals surface area (Å²) in [6.45, 7) is 3.26. The van der Waals surface area contributed by atoms with Crippen LogP contribution in [0.2, 0.25) is 0 Å². The summed E-state index contributed by atoms with van der Waals surface area (Å²) in [5, 5.41) is 10.8. The van der Waals surface area contributed by atoms with Crippen molar-refractivity contribution in [1.29, 1.82) is 0 Å². The smallest absolute Gasteiger partial charge is 0.334 e. The third-order valence-corrected chi connectivity index (χ3v) is 2.86. The minimum absolute atomic E-state index is 0.0293. The molecule has 1 aliphatic heterocycles. The molecule has 0 aliphatic carbocycles. The van der Waals surface area contributed by atoms with Gasteiger partial charge in [0.1, 0.15) is 11.6 Å². The predicted molar refractivity (Wildman–Crippen MR) is 56.7 cm³/mol. The van der Waals surface area contributed by atoms with E-state index in [0.29, 0.717) is 5.75 Å². The second-order valence-corrected chi connectivity index (χ2v) is 5.09. The summed E-state index contributed by atoms with van der Waals surface area (Å²) in [4.78, 5) is 22.3. The number of aliphatic carboxylic acids is 1. The molecule has 0 amide bonds. The van der Waals surface area contributed by atoms with Crippen LogP contribution in [0, 0.1) is 0 Å². The van der Waals surface area contributed by atoms with Crippen LogP contribution in [0.25, 0.3) is 0 Å². The molecule has 0 saturated carbocycles. The zero-order valence-corrected chi connectivity index (χ0v) is 9.47. The Hall–Kier alpha value is -0.750. The number of carboxylic acids is 1. The Bertz CT molecular complexity index is 297. The molecule has 15 heavy (non-hydrogen) atoms. The van der Waals surface area contributed by atoms with Gasteiger partial charge in [0, 0.05) is 7.12 Å². The average Bonchev–Trinajstić information content (AvgIpc) is 2.66. The first-order chi connectivity index (χ1) is 7.35. The molecule has 2 unspecified atom stereocenters. The number of hydrogen-bond acceptors (Lipinski definition) is 5. The number of rotatable bonds is 2. The van der Waals surface area contributed by atoms with Gasteiger partial charge in [-0.1, -0.05) is 0 Å². The summed E-state index contributed by atoms with van der Waals surface area (Å²) in [6.07, 6.45) is 0. The van der Waals surface area contributed by atoms with Crippen molar-refractivity contribution in [3.63, 3.8) is 0 Å². The quantitative estimate of drug-likeness (QED) is 0.675. The van der Waals surface area contributed by atoms with Crippen molar-refractivity contribution >= 4 is 23.7 Å². The molecule has 0 bridgehead atoms. The molecular formula is C9H15NO4S. The van der Waals surface area contributed by atoms with Gasteiger partial charge in [0.15, 0.2) is 5.37 Å². The van der Waals surface area contributed by atoms with E-state index in [0.717, 1.165) is 0 Å². The Kier molecular flexibility index (Phi) is 3.16. The molecular weight excluding hydrogens is 218 g/mol. The molecule has 0 aromatic rings. The zero-order valence-electron chi connectivity index (χ0n) is 9.65. The maximum atomic E-state index is 11.6. The Morgan fingerprint density at radius 3 is 2.80 bits per heavy atom. The first-order valence-corrected chi connectivity index (χ1v) is 5.53. The van der Waals surface area contributed by atoms with Crippen molar-refractivity contribution in [2.75, 3.05) is 5.75 Å². The summed E-state index contributed by atoms with van der Waals surface area (Å²) in [6, 6.07) is -0.707. The molecule has 86 valence electrons. The molecule has 2 N–H and O–H groups in total. The number of carbonyl (C=O) groups excluding carboxylic acids is 1. The number of nitrogens with one attached hydrogen (secondary N) is 1. The van der Waals surface area contributed by atoms with Gasteiger partial charge in [0.2, 0.25) is 0 Å². The topological polar surface area (TPSA) is 75.6 Å². The summed E-state index contributed by atoms with van der Waals surface area (Å²) in [5.41, 5.74) is -0.833. The normalized spacial score (nSPS) is 27.2. The summed E-state index contributed by atoms with van der Waals surface area (Å²) >= 11 is 1.21. The standard InChI is InChI=1S/C9H15NO4S/c1-9(2,3)14-8(13)6-10-5(4-15-6)7(11)12/h5-6,10H,4H2,1-3H3,(H,11,12)/i1D. The van der Waals surface area contributed by atoms with Crippen LogP contribution in [0.4, 0.5) is 0 Å². The molecule has 5 nitrogen and oxygen atoms in total. The first kappa shape index (κ1) is 10.8. The molecule has 0 aromatic heterocycles. The van der Waals surface area contributed by atoms with Crippen LogP contribution in [-0.4, -0.2) is 39.8 Å². The van der Waals surface area contributed by atoms with Crippen molar-refractivity contribution in [3.05, 3.63) is 0 Å². The monoisotopic (exact) mass is 234 g/mol. The van der Waals surface area contributed by atoms with Crippen molar-refractivity contribution in [3.8, 4) is 0 Å². The highest BCUT2D eigenvalue weighted by Gasteiger charge is 2.36. The lowest BCUT2D eigenvalue weighted by Crippen LogP contribution is -2.42. The van der Waals surface area contributed by atoms with Gasteiger partial charge in [0.05, 0.1) is 0 Å². The number of ether oxygens (including phenoxy) is 1. The SMILES string of the molecule is [2H]CC(C)(C)OC(=O)C1NC(C(=O)O)CS1. The van der Waals surface area contributed by atoms with Gasteiger partial charge >= 0.3 is 11.9 Å². The Morgan fingerprint density at radius 1 is 1.67 bits per heavy atom. The molecule has 1 heterocycles. The number of thioether (sulfide) groups is 1. The van der Waals surface area contributed by atoms with E-state index in [2.05, 4.69) is 5.32 Å². The third-order valence-electron chi connectivity index (χ3n) is 1.67. The van der Waals surface area contributed by atoms with Gasteiger partial charge < -0.3 is 9.84 Å². The van der Waals surface area contributed by atoms with E-state index >= 15 is 0 Å². The molecule has 2 atom stereocenters. The number of hydrogen-bond donors (Lipinski definition) is 2. The van der Waals surface area contributed by atoms with Crippen LogP contribution in [0.15, 0.2) is 0 Å². The molecule has 6 heteroatoms. The fourth-order valence-corrected chi connectivity index (χ4v) is 2.14. The van der Waals surface area contributed by atoms with Gasteiger partial charge in [0.25, 0.3) is 0 Å². The Balaban J connectivity index is 2.48. The zero-order chi connectivity index (χ0) is 12.3. The van der Waals surface area contributed by atoms with Crippen molar-refractivity contribution in [2.45, 2.75) is 37.8 Å². The van der Waals surface area contributed by atoms with Gasteiger partial charge in [-0.15, -0.1) is 11.8 Å². The largest absolute Gasteiger partial charge is 0.480 e. The van der Waals surface area contributed by atoms with E-state index in [4.69, 9.17) is 11.2 Å². The number of carboxylic acid groups (broad SMARTS) is 1. The van der Waals surface area contributed by atoms with Crippen molar-refractivity contribution in [2.24, 2.45) is 0 Å². The molecule has 0 radical (unpaired) electrons. The third kappa shape index (κ3) is 3.71. The van der Waals surface area contributed by atoms with Gasteiger partial charge in [-0.25, -0.2) is 4.79 Å². The summed E-state index contributed by atoms with van der Waals surface area (Å²) in [7, 11) is 0. The highest BCUT2D eigenvalue weighted by molar-refractivity contribution is 8.00. The maximum absolute atomic E-state index is 11.6. The molecule has 1 fully saturated rings. The van der Waals surface area contributed by atoms with Crippen LogP contribution < -0.4 is 5.32 Å². The van der Waals surface area contributed by atoms with E-state index in [9.17, 15) is 9.59 Å². The first-order valence-electron chi connectivity index (χ1n) is 5.19. The Labute approximate surface area is 94.0 Å². The minimum atomic E-state index is -0.970. The molecule has 0 aromatic carbocycles. The van der Waals surface area contributed by atoms with Crippen LogP contribution in [0.5, 0.6) is 0 Å². The van der Waals surface area contributed by atoms with Crippen LogP contribution >= 0.6 is 11.8 Å². The molecule has 1 saturated heterocycles. The Morgan fingerprint density at radius 2 is 2.33 bits per heavy atom.